The van der Waals surface area contributed by atoms with E-state index in [9.17, 15) is 0 Å². The summed E-state index contributed by atoms with van der Waals surface area (Å²) in [5, 5.41) is 3.39. The highest BCUT2D eigenvalue weighted by atomic mass is 16.5. The Kier molecular flexibility index (Phi) is 7.82. The standard InChI is InChI=1S/C14H30N2O/c1-4-5-11-17-12-10-16(3)14-8-6-13(15-2)7-9-14/h13-15H,4-12H2,1-3H3. The Labute approximate surface area is 107 Å². The number of hydrogen-bond donors (Lipinski definition) is 1. The van der Waals surface area contributed by atoms with Crippen molar-refractivity contribution in [1.29, 1.82) is 0 Å². The maximum absolute atomic E-state index is 5.62. The van der Waals surface area contributed by atoms with Gasteiger partial charge in [0.25, 0.3) is 0 Å². The Morgan fingerprint density at radius 3 is 2.47 bits per heavy atom. The van der Waals surface area contributed by atoms with Crippen LogP contribution in [0.5, 0.6) is 0 Å². The molecule has 0 amide bonds. The molecule has 0 bridgehead atoms. The Balaban J connectivity index is 2.05. The summed E-state index contributed by atoms with van der Waals surface area (Å²) < 4.78 is 5.62. The van der Waals surface area contributed by atoms with Gasteiger partial charge in [-0.05, 0) is 46.2 Å². The van der Waals surface area contributed by atoms with Crippen molar-refractivity contribution in [3.63, 3.8) is 0 Å². The zero-order valence-electron chi connectivity index (χ0n) is 11.9. The van der Waals surface area contributed by atoms with E-state index in [1.165, 1.54) is 38.5 Å². The summed E-state index contributed by atoms with van der Waals surface area (Å²) in [6.07, 6.45) is 7.72. The fourth-order valence-corrected chi connectivity index (χ4v) is 2.54. The third-order valence-electron chi connectivity index (χ3n) is 3.96. The van der Waals surface area contributed by atoms with Gasteiger partial charge in [0.1, 0.15) is 0 Å². The first kappa shape index (κ1) is 14.9. The van der Waals surface area contributed by atoms with E-state index in [2.05, 4.69) is 31.2 Å². The number of rotatable bonds is 8. The summed E-state index contributed by atoms with van der Waals surface area (Å²) in [7, 11) is 4.32. The zero-order chi connectivity index (χ0) is 12.5. The van der Waals surface area contributed by atoms with Crippen molar-refractivity contribution in [1.82, 2.24) is 10.2 Å². The van der Waals surface area contributed by atoms with Crippen LogP contribution in [-0.4, -0.2) is 50.8 Å². The van der Waals surface area contributed by atoms with Crippen LogP contribution in [0, 0.1) is 0 Å². The number of likely N-dealkylation sites (N-methyl/N-ethyl adjacent to an activating group) is 1. The van der Waals surface area contributed by atoms with Crippen molar-refractivity contribution >= 4 is 0 Å². The molecule has 0 aliphatic heterocycles. The van der Waals surface area contributed by atoms with Gasteiger partial charge in [0.05, 0.1) is 6.61 Å². The molecule has 0 radical (unpaired) electrons. The fourth-order valence-electron chi connectivity index (χ4n) is 2.54. The third-order valence-corrected chi connectivity index (χ3v) is 3.96. The minimum atomic E-state index is 0.750. The van der Waals surface area contributed by atoms with Crippen molar-refractivity contribution in [2.75, 3.05) is 33.9 Å². The third kappa shape index (κ3) is 5.84. The monoisotopic (exact) mass is 242 g/mol. The van der Waals surface area contributed by atoms with Crippen molar-refractivity contribution in [3.05, 3.63) is 0 Å². The second kappa shape index (κ2) is 8.90. The Bertz CT molecular complexity index is 179. The summed E-state index contributed by atoms with van der Waals surface area (Å²) in [4.78, 5) is 2.48. The van der Waals surface area contributed by atoms with Crippen LogP contribution in [-0.2, 0) is 4.74 Å². The number of nitrogens with one attached hydrogen (secondary N) is 1. The second-order valence-electron chi connectivity index (χ2n) is 5.24. The van der Waals surface area contributed by atoms with Gasteiger partial charge in [-0.3, -0.25) is 0 Å². The van der Waals surface area contributed by atoms with Crippen LogP contribution in [0.15, 0.2) is 0 Å². The van der Waals surface area contributed by atoms with Gasteiger partial charge in [0.2, 0.25) is 0 Å². The average Bonchev–Trinajstić information content (AvgIpc) is 2.38. The summed E-state index contributed by atoms with van der Waals surface area (Å²) >= 11 is 0. The molecule has 0 aromatic rings. The molecule has 3 heteroatoms. The largest absolute Gasteiger partial charge is 0.380 e. The van der Waals surface area contributed by atoms with Crippen molar-refractivity contribution in [2.45, 2.75) is 57.5 Å². The van der Waals surface area contributed by atoms with E-state index in [0.29, 0.717) is 0 Å². The van der Waals surface area contributed by atoms with Crippen LogP contribution >= 0.6 is 0 Å². The van der Waals surface area contributed by atoms with Gasteiger partial charge < -0.3 is 15.0 Å². The molecule has 1 rings (SSSR count). The SMILES string of the molecule is CCCCOCCN(C)C1CCC(NC)CC1. The van der Waals surface area contributed by atoms with Crippen LogP contribution < -0.4 is 5.32 Å². The first-order chi connectivity index (χ1) is 8.27. The highest BCUT2D eigenvalue weighted by molar-refractivity contribution is 4.80. The smallest absolute Gasteiger partial charge is 0.0593 e. The lowest BCUT2D eigenvalue weighted by atomic mass is 9.90. The zero-order valence-corrected chi connectivity index (χ0v) is 11.9. The van der Waals surface area contributed by atoms with E-state index in [1.54, 1.807) is 0 Å². The number of unbranched alkanes of at least 4 members (excludes halogenated alkanes) is 1. The lowest BCUT2D eigenvalue weighted by molar-refractivity contribution is 0.0858. The first-order valence-electron chi connectivity index (χ1n) is 7.23. The van der Waals surface area contributed by atoms with Gasteiger partial charge in [-0.1, -0.05) is 13.3 Å². The lowest BCUT2D eigenvalue weighted by Crippen LogP contribution is -2.41. The molecule has 17 heavy (non-hydrogen) atoms. The Morgan fingerprint density at radius 2 is 1.88 bits per heavy atom. The van der Waals surface area contributed by atoms with E-state index in [1.807, 2.05) is 0 Å². The fraction of sp³-hybridized carbons (Fsp3) is 1.00. The second-order valence-corrected chi connectivity index (χ2v) is 5.24. The Hall–Kier alpha value is -0.120. The number of nitrogens with zero attached hydrogens (tertiary/aromatic N) is 1. The van der Waals surface area contributed by atoms with E-state index in [-0.39, 0.29) is 0 Å². The molecule has 1 aliphatic rings. The van der Waals surface area contributed by atoms with E-state index in [4.69, 9.17) is 4.74 Å². The Morgan fingerprint density at radius 1 is 1.18 bits per heavy atom. The predicted octanol–water partition coefficient (Wildman–Crippen LogP) is 2.27. The molecule has 1 aliphatic carbocycles. The van der Waals surface area contributed by atoms with Gasteiger partial charge in [-0.15, -0.1) is 0 Å². The lowest BCUT2D eigenvalue weighted by Gasteiger charge is -2.34. The molecule has 3 nitrogen and oxygen atoms in total. The van der Waals surface area contributed by atoms with Gasteiger partial charge >= 0.3 is 0 Å². The quantitative estimate of drug-likeness (QED) is 0.661. The highest BCUT2D eigenvalue weighted by Gasteiger charge is 2.22. The minimum Gasteiger partial charge on any atom is -0.380 e. The predicted molar refractivity (Wildman–Crippen MR) is 73.5 cm³/mol. The first-order valence-corrected chi connectivity index (χ1v) is 7.23. The van der Waals surface area contributed by atoms with Gasteiger partial charge in [0, 0.05) is 25.2 Å². The normalized spacial score (nSPS) is 25.4. The van der Waals surface area contributed by atoms with Crippen molar-refractivity contribution in [3.8, 4) is 0 Å². The van der Waals surface area contributed by atoms with Crippen LogP contribution in [0.2, 0.25) is 0 Å². The van der Waals surface area contributed by atoms with E-state index in [0.717, 1.165) is 31.8 Å². The van der Waals surface area contributed by atoms with E-state index < -0.39 is 0 Å². The maximum Gasteiger partial charge on any atom is 0.0593 e. The molecular formula is C14H30N2O. The molecule has 1 saturated carbocycles. The van der Waals surface area contributed by atoms with Crippen LogP contribution in [0.25, 0.3) is 0 Å². The van der Waals surface area contributed by atoms with Crippen LogP contribution in [0.4, 0.5) is 0 Å². The molecule has 1 N–H and O–H groups in total. The van der Waals surface area contributed by atoms with Gasteiger partial charge in [0.15, 0.2) is 0 Å². The molecule has 0 aromatic heterocycles. The number of ether oxygens (including phenoxy) is 1. The molecule has 102 valence electrons. The van der Waals surface area contributed by atoms with Crippen LogP contribution in [0.3, 0.4) is 0 Å². The van der Waals surface area contributed by atoms with Crippen LogP contribution in [0.1, 0.15) is 45.4 Å². The summed E-state index contributed by atoms with van der Waals surface area (Å²) in [6, 6.07) is 1.52. The summed E-state index contributed by atoms with van der Waals surface area (Å²) in [5.41, 5.74) is 0. The van der Waals surface area contributed by atoms with E-state index >= 15 is 0 Å². The molecule has 1 fully saturated rings. The van der Waals surface area contributed by atoms with Gasteiger partial charge in [-0.2, -0.15) is 0 Å². The van der Waals surface area contributed by atoms with Crippen molar-refractivity contribution < 1.29 is 4.74 Å². The topological polar surface area (TPSA) is 24.5 Å². The maximum atomic E-state index is 5.62. The molecule has 0 atom stereocenters. The summed E-state index contributed by atoms with van der Waals surface area (Å²) in [5.74, 6) is 0. The summed E-state index contributed by atoms with van der Waals surface area (Å²) in [6.45, 7) is 5.10. The minimum absolute atomic E-state index is 0.750. The molecule has 0 spiro atoms. The average molecular weight is 242 g/mol. The molecule has 0 heterocycles. The van der Waals surface area contributed by atoms with Gasteiger partial charge in [-0.25, -0.2) is 0 Å². The molecule has 0 aromatic carbocycles. The number of hydrogen-bond acceptors (Lipinski definition) is 3. The highest BCUT2D eigenvalue weighted by Crippen LogP contribution is 2.21. The van der Waals surface area contributed by atoms with Crippen molar-refractivity contribution in [2.24, 2.45) is 0 Å². The molecular weight excluding hydrogens is 212 g/mol. The molecule has 0 saturated heterocycles. The molecule has 0 unspecified atom stereocenters.